The Bertz CT molecular complexity index is 702. The number of hydrogen-bond acceptors (Lipinski definition) is 8. The summed E-state index contributed by atoms with van der Waals surface area (Å²) in [6, 6.07) is 1.08. The molecule has 0 aromatic carbocycles. The summed E-state index contributed by atoms with van der Waals surface area (Å²) in [5.41, 5.74) is -1.41. The first kappa shape index (κ1) is 19.3. The van der Waals surface area contributed by atoms with Crippen LogP contribution in [0.3, 0.4) is 0 Å². The first-order valence-electron chi connectivity index (χ1n) is 7.53. The Morgan fingerprint density at radius 3 is 2.76 bits per heavy atom. The van der Waals surface area contributed by atoms with Crippen LogP contribution in [0.2, 0.25) is 0 Å². The van der Waals surface area contributed by atoms with Gasteiger partial charge < -0.3 is 29.7 Å². The Labute approximate surface area is 142 Å². The highest BCUT2D eigenvalue weighted by Crippen LogP contribution is 2.32. The fourth-order valence-electron chi connectivity index (χ4n) is 2.56. The van der Waals surface area contributed by atoms with Crippen LogP contribution in [0.4, 0.5) is 0 Å². The predicted octanol–water partition coefficient (Wildman–Crippen LogP) is -2.72. The number of H-pyrrole nitrogens is 1. The van der Waals surface area contributed by atoms with Crippen molar-refractivity contribution in [2.45, 2.75) is 37.1 Å². The molecular formula is C14H21N3O8. The van der Waals surface area contributed by atoms with Gasteiger partial charge in [-0.2, -0.15) is 0 Å². The SMILES string of the molecule is CNC(=O)C[C@H](OCOC)C1OC(n2ccc(=O)[nH]c2=O)C(O)C1O. The number of amides is 1. The molecule has 2 heterocycles. The van der Waals surface area contributed by atoms with Crippen LogP contribution in [0.1, 0.15) is 12.6 Å². The number of nitrogens with zero attached hydrogens (tertiary/aromatic N) is 1. The van der Waals surface area contributed by atoms with Gasteiger partial charge in [0, 0.05) is 26.4 Å². The molecule has 2 rings (SSSR count). The molecule has 0 saturated carbocycles. The van der Waals surface area contributed by atoms with Crippen LogP contribution in [-0.4, -0.2) is 71.0 Å². The van der Waals surface area contributed by atoms with E-state index in [-0.39, 0.29) is 19.1 Å². The number of rotatable bonds is 7. The van der Waals surface area contributed by atoms with Crippen LogP contribution in [0.5, 0.6) is 0 Å². The Hall–Kier alpha value is -2.05. The van der Waals surface area contributed by atoms with Gasteiger partial charge in [0.1, 0.15) is 25.1 Å². The third-order valence-corrected chi connectivity index (χ3v) is 3.83. The van der Waals surface area contributed by atoms with Crippen LogP contribution in [0.15, 0.2) is 21.9 Å². The van der Waals surface area contributed by atoms with E-state index in [9.17, 15) is 24.6 Å². The van der Waals surface area contributed by atoms with Gasteiger partial charge in [0.25, 0.3) is 5.56 Å². The summed E-state index contributed by atoms with van der Waals surface area (Å²) >= 11 is 0. The zero-order valence-electron chi connectivity index (χ0n) is 13.7. The smallest absolute Gasteiger partial charge is 0.330 e. The Kier molecular flexibility index (Phi) is 6.45. The summed E-state index contributed by atoms with van der Waals surface area (Å²) in [5, 5.41) is 22.9. The number of hydrogen-bond donors (Lipinski definition) is 4. The number of nitrogens with one attached hydrogen (secondary N) is 2. The number of methoxy groups -OCH3 is 1. The van der Waals surface area contributed by atoms with Gasteiger partial charge in [-0.05, 0) is 0 Å². The van der Waals surface area contributed by atoms with E-state index in [1.54, 1.807) is 0 Å². The third-order valence-electron chi connectivity index (χ3n) is 3.83. The zero-order valence-corrected chi connectivity index (χ0v) is 13.7. The minimum absolute atomic E-state index is 0.151. The molecule has 1 aliphatic rings. The van der Waals surface area contributed by atoms with Crippen molar-refractivity contribution in [2.75, 3.05) is 21.0 Å². The summed E-state index contributed by atoms with van der Waals surface area (Å²) in [6.07, 6.45) is -5.15. The van der Waals surface area contributed by atoms with Crippen LogP contribution < -0.4 is 16.6 Å². The van der Waals surface area contributed by atoms with E-state index in [0.717, 1.165) is 16.8 Å². The summed E-state index contributed by atoms with van der Waals surface area (Å²) in [7, 11) is 2.83. The summed E-state index contributed by atoms with van der Waals surface area (Å²) in [6.45, 7) is -0.159. The zero-order chi connectivity index (χ0) is 18.6. The summed E-state index contributed by atoms with van der Waals surface area (Å²) in [4.78, 5) is 36.7. The molecule has 1 saturated heterocycles. The van der Waals surface area contributed by atoms with Crippen molar-refractivity contribution in [1.29, 1.82) is 0 Å². The Morgan fingerprint density at radius 1 is 1.44 bits per heavy atom. The maximum Gasteiger partial charge on any atom is 0.330 e. The van der Waals surface area contributed by atoms with Gasteiger partial charge in [-0.1, -0.05) is 0 Å². The molecule has 1 amide bonds. The molecule has 25 heavy (non-hydrogen) atoms. The van der Waals surface area contributed by atoms with Crippen molar-refractivity contribution in [2.24, 2.45) is 0 Å². The van der Waals surface area contributed by atoms with Crippen LogP contribution in [0.25, 0.3) is 0 Å². The van der Waals surface area contributed by atoms with E-state index >= 15 is 0 Å². The second kappa shape index (κ2) is 8.36. The topological polar surface area (TPSA) is 152 Å². The maximum absolute atomic E-state index is 11.9. The molecule has 4 unspecified atom stereocenters. The maximum atomic E-state index is 11.9. The summed E-state index contributed by atoms with van der Waals surface area (Å²) < 4.78 is 16.7. The highest BCUT2D eigenvalue weighted by Gasteiger charge is 2.48. The molecule has 0 spiro atoms. The highest BCUT2D eigenvalue weighted by atomic mass is 16.7. The molecule has 1 fully saturated rings. The van der Waals surface area contributed by atoms with E-state index < -0.39 is 41.9 Å². The molecule has 0 bridgehead atoms. The van der Waals surface area contributed by atoms with Gasteiger partial charge in [0.05, 0.1) is 12.5 Å². The van der Waals surface area contributed by atoms with E-state index in [0.29, 0.717) is 0 Å². The van der Waals surface area contributed by atoms with Crippen molar-refractivity contribution in [3.05, 3.63) is 33.1 Å². The first-order chi connectivity index (χ1) is 11.9. The van der Waals surface area contributed by atoms with Gasteiger partial charge in [-0.3, -0.25) is 19.1 Å². The standard InChI is InChI=1S/C14H21N3O8/c1-15-9(19)5-7(24-6-23-2)12-10(20)11(21)13(25-12)17-4-3-8(18)16-14(17)22/h3-4,7,10-13,20-21H,5-6H2,1-2H3,(H,15,19)(H,16,18,22)/t7-,10?,11?,12?,13?/m0/s1. The molecular weight excluding hydrogens is 338 g/mol. The monoisotopic (exact) mass is 359 g/mol. The minimum Gasteiger partial charge on any atom is -0.387 e. The summed E-state index contributed by atoms with van der Waals surface area (Å²) in [5.74, 6) is -0.365. The van der Waals surface area contributed by atoms with E-state index in [1.165, 1.54) is 14.2 Å². The molecule has 4 N–H and O–H groups in total. The lowest BCUT2D eigenvalue weighted by molar-refractivity contribution is -0.156. The molecule has 1 aromatic heterocycles. The van der Waals surface area contributed by atoms with Crippen LogP contribution >= 0.6 is 0 Å². The fourth-order valence-corrected chi connectivity index (χ4v) is 2.56. The number of aromatic nitrogens is 2. The fraction of sp³-hybridized carbons (Fsp3) is 0.643. The number of ether oxygens (including phenoxy) is 3. The Morgan fingerprint density at radius 2 is 2.16 bits per heavy atom. The lowest BCUT2D eigenvalue weighted by atomic mass is 10.0. The molecule has 1 aliphatic heterocycles. The number of carbonyl (C=O) groups is 1. The van der Waals surface area contributed by atoms with Gasteiger partial charge >= 0.3 is 5.69 Å². The van der Waals surface area contributed by atoms with Crippen molar-refractivity contribution >= 4 is 5.91 Å². The van der Waals surface area contributed by atoms with Gasteiger partial charge in [-0.25, -0.2) is 4.79 Å². The van der Waals surface area contributed by atoms with Crippen LogP contribution in [0, 0.1) is 0 Å². The second-order valence-electron chi connectivity index (χ2n) is 5.48. The average molecular weight is 359 g/mol. The van der Waals surface area contributed by atoms with Gasteiger partial charge in [0.15, 0.2) is 6.23 Å². The number of carbonyl (C=O) groups excluding carboxylic acids is 1. The number of aliphatic hydroxyl groups is 2. The van der Waals surface area contributed by atoms with E-state index in [1.807, 2.05) is 4.98 Å². The second-order valence-corrected chi connectivity index (χ2v) is 5.48. The normalized spacial score (nSPS) is 27.2. The molecule has 11 heteroatoms. The first-order valence-corrected chi connectivity index (χ1v) is 7.53. The van der Waals surface area contributed by atoms with E-state index in [4.69, 9.17) is 14.2 Å². The lowest BCUT2D eigenvalue weighted by Gasteiger charge is -2.25. The quantitative estimate of drug-likeness (QED) is 0.383. The highest BCUT2D eigenvalue weighted by molar-refractivity contribution is 5.76. The molecule has 140 valence electrons. The number of aromatic amines is 1. The Balaban J connectivity index is 2.24. The molecule has 0 radical (unpaired) electrons. The average Bonchev–Trinajstić information content (AvgIpc) is 2.87. The largest absolute Gasteiger partial charge is 0.387 e. The third kappa shape index (κ3) is 4.32. The van der Waals surface area contributed by atoms with Crippen molar-refractivity contribution in [3.8, 4) is 0 Å². The van der Waals surface area contributed by atoms with Gasteiger partial charge in [-0.15, -0.1) is 0 Å². The molecule has 5 atom stereocenters. The molecule has 1 aromatic rings. The molecule has 0 aliphatic carbocycles. The van der Waals surface area contributed by atoms with Crippen LogP contribution in [-0.2, 0) is 19.0 Å². The van der Waals surface area contributed by atoms with E-state index in [2.05, 4.69) is 5.32 Å². The predicted molar refractivity (Wildman–Crippen MR) is 82.7 cm³/mol. The lowest BCUT2D eigenvalue weighted by Crippen LogP contribution is -2.42. The molecule has 11 nitrogen and oxygen atoms in total. The number of aliphatic hydroxyl groups excluding tert-OH is 2. The van der Waals surface area contributed by atoms with Crippen molar-refractivity contribution in [1.82, 2.24) is 14.9 Å². The van der Waals surface area contributed by atoms with Crippen molar-refractivity contribution in [3.63, 3.8) is 0 Å². The van der Waals surface area contributed by atoms with Crippen molar-refractivity contribution < 1.29 is 29.2 Å². The minimum atomic E-state index is -1.47. The van der Waals surface area contributed by atoms with Gasteiger partial charge in [0.2, 0.25) is 5.91 Å².